The Hall–Kier alpha value is -1.69. The van der Waals surface area contributed by atoms with Crippen LogP contribution in [0.2, 0.25) is 0 Å². The molecule has 0 spiro atoms. The minimum Gasteiger partial charge on any atom is -0.462 e. The van der Waals surface area contributed by atoms with E-state index in [0.29, 0.717) is 24.7 Å². The molecular weight excluding hydrogens is 246 g/mol. The van der Waals surface area contributed by atoms with E-state index in [-0.39, 0.29) is 11.4 Å². The molecule has 0 aromatic carbocycles. The van der Waals surface area contributed by atoms with Crippen LogP contribution in [0.15, 0.2) is 0 Å². The number of carbonyl (C=O) groups excluding carboxylic acids is 1. The van der Waals surface area contributed by atoms with Crippen molar-refractivity contribution in [1.29, 1.82) is 0 Å². The van der Waals surface area contributed by atoms with Gasteiger partial charge in [-0.15, -0.1) is 0 Å². The molecule has 0 bridgehead atoms. The van der Waals surface area contributed by atoms with Crippen molar-refractivity contribution in [2.75, 3.05) is 18.9 Å². The van der Waals surface area contributed by atoms with E-state index in [1.54, 1.807) is 13.8 Å². The normalized spacial score (nSPS) is 22.5. The second kappa shape index (κ2) is 5.13. The summed E-state index contributed by atoms with van der Waals surface area (Å²) >= 11 is 0. The number of aromatic nitrogens is 2. The Kier molecular flexibility index (Phi) is 3.71. The van der Waals surface area contributed by atoms with Gasteiger partial charge in [0.1, 0.15) is 17.0 Å². The molecule has 1 atom stereocenters. The maximum atomic E-state index is 11.8. The molecule has 1 fully saturated rings. The van der Waals surface area contributed by atoms with Gasteiger partial charge in [0.15, 0.2) is 5.82 Å². The van der Waals surface area contributed by atoms with Crippen molar-refractivity contribution >= 4 is 11.8 Å². The first-order valence-corrected chi connectivity index (χ1v) is 6.43. The first-order chi connectivity index (χ1) is 8.98. The lowest BCUT2D eigenvalue weighted by Gasteiger charge is -2.22. The number of rotatable bonds is 3. The molecule has 0 aliphatic carbocycles. The average Bonchev–Trinajstić information content (AvgIpc) is 2.77. The number of aryl methyl sites for hydroxylation is 1. The van der Waals surface area contributed by atoms with E-state index in [9.17, 15) is 4.79 Å². The smallest absolute Gasteiger partial charge is 0.343 e. The van der Waals surface area contributed by atoms with Gasteiger partial charge in [0.25, 0.3) is 0 Å². The van der Waals surface area contributed by atoms with Crippen LogP contribution in [0, 0.1) is 6.92 Å². The van der Waals surface area contributed by atoms with Crippen molar-refractivity contribution in [2.24, 2.45) is 0 Å². The second-order valence-electron chi connectivity index (χ2n) is 4.80. The van der Waals surface area contributed by atoms with Crippen molar-refractivity contribution in [3.63, 3.8) is 0 Å². The van der Waals surface area contributed by atoms with Gasteiger partial charge >= 0.3 is 5.97 Å². The van der Waals surface area contributed by atoms with Crippen LogP contribution in [-0.4, -0.2) is 29.2 Å². The number of anilines is 1. The number of nitrogen functional groups attached to an aromatic ring is 1. The van der Waals surface area contributed by atoms with Gasteiger partial charge in [-0.1, -0.05) is 0 Å². The van der Waals surface area contributed by atoms with E-state index in [0.717, 1.165) is 12.8 Å². The number of hydrogen-bond donors (Lipinski definition) is 1. The summed E-state index contributed by atoms with van der Waals surface area (Å²) in [5.41, 5.74) is 6.13. The average molecular weight is 265 g/mol. The molecule has 6 heteroatoms. The zero-order chi connectivity index (χ0) is 14.0. The topological polar surface area (TPSA) is 87.3 Å². The molecule has 1 aliphatic rings. The summed E-state index contributed by atoms with van der Waals surface area (Å²) in [6.45, 7) is 6.40. The first-order valence-electron chi connectivity index (χ1n) is 6.43. The summed E-state index contributed by atoms with van der Waals surface area (Å²) in [4.78, 5) is 20.4. The number of ether oxygens (including phenoxy) is 2. The minimum absolute atomic E-state index is 0.151. The number of carbonyl (C=O) groups is 1. The monoisotopic (exact) mass is 265 g/mol. The van der Waals surface area contributed by atoms with Gasteiger partial charge in [0, 0.05) is 6.61 Å². The second-order valence-corrected chi connectivity index (χ2v) is 4.80. The number of nitrogens with zero attached hydrogens (tertiary/aromatic N) is 2. The zero-order valence-corrected chi connectivity index (χ0v) is 11.5. The summed E-state index contributed by atoms with van der Waals surface area (Å²) in [5.74, 6) is 0.201. The maximum absolute atomic E-state index is 11.8. The van der Waals surface area contributed by atoms with E-state index in [2.05, 4.69) is 9.97 Å². The molecule has 1 aromatic rings. The summed E-state index contributed by atoms with van der Waals surface area (Å²) in [7, 11) is 0. The molecule has 0 amide bonds. The largest absolute Gasteiger partial charge is 0.462 e. The molecular formula is C13H19N3O3. The Balaban J connectivity index is 2.39. The van der Waals surface area contributed by atoms with Crippen molar-refractivity contribution in [3.8, 4) is 0 Å². The SMILES string of the molecule is CCOC(=O)c1c(C)nc(C2(C)CCCO2)nc1N. The molecule has 1 aromatic heterocycles. The van der Waals surface area contributed by atoms with E-state index < -0.39 is 11.6 Å². The highest BCUT2D eigenvalue weighted by molar-refractivity contribution is 5.95. The van der Waals surface area contributed by atoms with E-state index in [1.165, 1.54) is 0 Å². The Labute approximate surface area is 112 Å². The number of esters is 1. The minimum atomic E-state index is -0.508. The lowest BCUT2D eigenvalue weighted by molar-refractivity contribution is 0.00918. The van der Waals surface area contributed by atoms with E-state index >= 15 is 0 Å². The number of hydrogen-bond acceptors (Lipinski definition) is 6. The molecule has 1 unspecified atom stereocenters. The molecule has 2 N–H and O–H groups in total. The Morgan fingerprint density at radius 1 is 1.53 bits per heavy atom. The van der Waals surface area contributed by atoms with Gasteiger partial charge in [-0.2, -0.15) is 0 Å². The maximum Gasteiger partial charge on any atom is 0.343 e. The standard InChI is InChI=1S/C13H19N3O3/c1-4-18-11(17)9-8(2)15-12(16-10(9)14)13(3)6-5-7-19-13/h4-7H2,1-3H3,(H2,14,15,16). The predicted octanol–water partition coefficient (Wildman–Crippen LogP) is 1.57. The molecule has 104 valence electrons. The highest BCUT2D eigenvalue weighted by atomic mass is 16.5. The molecule has 19 heavy (non-hydrogen) atoms. The van der Waals surface area contributed by atoms with Gasteiger partial charge in [-0.25, -0.2) is 14.8 Å². The third kappa shape index (κ3) is 2.53. The molecule has 6 nitrogen and oxygen atoms in total. The van der Waals surface area contributed by atoms with Crippen molar-refractivity contribution in [3.05, 3.63) is 17.1 Å². The van der Waals surface area contributed by atoms with Gasteiger partial charge < -0.3 is 15.2 Å². The van der Waals surface area contributed by atoms with Gasteiger partial charge in [0.2, 0.25) is 0 Å². The first kappa shape index (κ1) is 13.7. The quantitative estimate of drug-likeness (QED) is 0.835. The highest BCUT2D eigenvalue weighted by Crippen LogP contribution is 2.34. The summed E-state index contributed by atoms with van der Waals surface area (Å²) in [6.07, 6.45) is 1.82. The Bertz CT molecular complexity index is 473. The molecule has 2 rings (SSSR count). The third-order valence-electron chi connectivity index (χ3n) is 3.29. The molecule has 1 saturated heterocycles. The van der Waals surface area contributed by atoms with Crippen LogP contribution >= 0.6 is 0 Å². The van der Waals surface area contributed by atoms with E-state index in [4.69, 9.17) is 15.2 Å². The molecule has 0 saturated carbocycles. The van der Waals surface area contributed by atoms with Gasteiger partial charge in [0.05, 0.1) is 12.3 Å². The van der Waals surface area contributed by atoms with Crippen LogP contribution in [0.3, 0.4) is 0 Å². The van der Waals surface area contributed by atoms with E-state index in [1.807, 2.05) is 6.92 Å². The summed E-state index contributed by atoms with van der Waals surface area (Å²) in [6, 6.07) is 0. The number of nitrogens with two attached hydrogens (primary N) is 1. The molecule has 0 radical (unpaired) electrons. The van der Waals surface area contributed by atoms with Gasteiger partial charge in [-0.3, -0.25) is 0 Å². The van der Waals surface area contributed by atoms with Crippen molar-refractivity contribution in [2.45, 2.75) is 39.2 Å². The fourth-order valence-corrected chi connectivity index (χ4v) is 2.24. The van der Waals surface area contributed by atoms with Crippen LogP contribution in [0.25, 0.3) is 0 Å². The summed E-state index contributed by atoms with van der Waals surface area (Å²) < 4.78 is 10.6. The van der Waals surface area contributed by atoms with Crippen molar-refractivity contribution in [1.82, 2.24) is 9.97 Å². The molecule has 2 heterocycles. The lowest BCUT2D eigenvalue weighted by atomic mass is 10.0. The Morgan fingerprint density at radius 2 is 2.26 bits per heavy atom. The van der Waals surface area contributed by atoms with Crippen LogP contribution in [0.4, 0.5) is 5.82 Å². The highest BCUT2D eigenvalue weighted by Gasteiger charge is 2.36. The molecule has 1 aliphatic heterocycles. The predicted molar refractivity (Wildman–Crippen MR) is 69.7 cm³/mol. The zero-order valence-electron chi connectivity index (χ0n) is 11.5. The van der Waals surface area contributed by atoms with Crippen molar-refractivity contribution < 1.29 is 14.3 Å². The fourth-order valence-electron chi connectivity index (χ4n) is 2.24. The van der Waals surface area contributed by atoms with Gasteiger partial charge in [-0.05, 0) is 33.6 Å². The van der Waals surface area contributed by atoms with Crippen LogP contribution < -0.4 is 5.73 Å². The van der Waals surface area contributed by atoms with Crippen LogP contribution in [0.1, 0.15) is 48.6 Å². The van der Waals surface area contributed by atoms with Crippen LogP contribution in [-0.2, 0) is 15.1 Å². The summed E-state index contributed by atoms with van der Waals surface area (Å²) in [5, 5.41) is 0. The Morgan fingerprint density at radius 3 is 2.79 bits per heavy atom. The fraction of sp³-hybridized carbons (Fsp3) is 0.615. The third-order valence-corrected chi connectivity index (χ3v) is 3.29. The van der Waals surface area contributed by atoms with Crippen LogP contribution in [0.5, 0.6) is 0 Å². The lowest BCUT2D eigenvalue weighted by Crippen LogP contribution is -2.26.